The van der Waals surface area contributed by atoms with Crippen molar-refractivity contribution in [3.63, 3.8) is 0 Å². The van der Waals surface area contributed by atoms with Gasteiger partial charge in [0.15, 0.2) is 5.69 Å². The van der Waals surface area contributed by atoms with Crippen LogP contribution >= 0.6 is 0 Å². The van der Waals surface area contributed by atoms with Crippen molar-refractivity contribution in [2.24, 2.45) is 0 Å². The minimum atomic E-state index is -0.738. The van der Waals surface area contributed by atoms with E-state index < -0.39 is 12.0 Å². The average Bonchev–Trinajstić information content (AvgIpc) is 3.15. The molecule has 1 unspecified atom stereocenters. The van der Waals surface area contributed by atoms with Crippen LogP contribution in [-0.4, -0.2) is 56.7 Å². The molecule has 0 spiro atoms. The number of carbonyl (C=O) groups is 1. The van der Waals surface area contributed by atoms with Crippen LogP contribution in [-0.2, 0) is 11.3 Å². The highest BCUT2D eigenvalue weighted by atomic mass is 16.5. The Bertz CT molecular complexity index is 1040. The fraction of sp³-hybridized carbons (Fsp3) is 0.381. The lowest BCUT2D eigenvalue weighted by molar-refractivity contribution is -0.0261. The Hall–Kier alpha value is -3.37. The van der Waals surface area contributed by atoms with Crippen LogP contribution in [0.15, 0.2) is 35.0 Å². The molecular weight excluding hydrogens is 402 g/mol. The number of aliphatic hydroxyl groups is 1. The third-order valence-corrected chi connectivity index (χ3v) is 5.05. The fourth-order valence-corrected chi connectivity index (χ4v) is 3.19. The lowest BCUT2D eigenvalue weighted by Crippen LogP contribution is -2.48. The Morgan fingerprint density at radius 1 is 1.26 bits per heavy atom. The molecule has 10 heteroatoms. The van der Waals surface area contributed by atoms with Gasteiger partial charge in [-0.2, -0.15) is 0 Å². The summed E-state index contributed by atoms with van der Waals surface area (Å²) in [5.41, 5.74) is 3.31. The molecule has 0 saturated carbocycles. The Morgan fingerprint density at radius 3 is 2.84 bits per heavy atom. The summed E-state index contributed by atoms with van der Waals surface area (Å²) in [6.07, 6.45) is 1.54. The molecular formula is C21H23N5O5. The Morgan fingerprint density at radius 2 is 2.13 bits per heavy atom. The van der Waals surface area contributed by atoms with Gasteiger partial charge >= 0.3 is 0 Å². The van der Waals surface area contributed by atoms with Crippen LogP contribution in [0.1, 0.15) is 33.9 Å². The van der Waals surface area contributed by atoms with Crippen molar-refractivity contribution < 1.29 is 23.9 Å². The number of aromatic nitrogens is 4. The number of ether oxygens (including phenoxy) is 2. The third kappa shape index (κ3) is 4.86. The van der Waals surface area contributed by atoms with Crippen LogP contribution < -0.4 is 10.1 Å². The van der Waals surface area contributed by atoms with Crippen LogP contribution in [0.25, 0.3) is 11.3 Å². The maximum absolute atomic E-state index is 12.4. The van der Waals surface area contributed by atoms with Crippen LogP contribution in [0, 0.1) is 13.8 Å². The molecule has 1 fully saturated rings. The smallest absolute Gasteiger partial charge is 0.272 e. The topological polar surface area (TPSA) is 132 Å². The number of hydrogen-bond acceptors (Lipinski definition) is 9. The molecule has 2 atom stereocenters. The second-order valence-corrected chi connectivity index (χ2v) is 7.31. The van der Waals surface area contributed by atoms with Gasteiger partial charge in [0.1, 0.15) is 18.1 Å². The van der Waals surface area contributed by atoms with E-state index in [1.165, 1.54) is 6.07 Å². The summed E-state index contributed by atoms with van der Waals surface area (Å²) in [5.74, 6) is 0.486. The first kappa shape index (κ1) is 20.9. The van der Waals surface area contributed by atoms with Gasteiger partial charge in [-0.15, -0.1) is 10.2 Å². The van der Waals surface area contributed by atoms with Gasteiger partial charge in [-0.3, -0.25) is 9.78 Å². The van der Waals surface area contributed by atoms with Crippen LogP contribution in [0.4, 0.5) is 0 Å². The van der Waals surface area contributed by atoms with E-state index in [4.69, 9.17) is 14.0 Å². The summed E-state index contributed by atoms with van der Waals surface area (Å²) in [6, 6.07) is 6.54. The van der Waals surface area contributed by atoms with Crippen molar-refractivity contribution in [1.82, 2.24) is 25.7 Å². The van der Waals surface area contributed by atoms with Gasteiger partial charge in [0.05, 0.1) is 24.3 Å². The maximum atomic E-state index is 12.4. The molecule has 3 aromatic heterocycles. The molecule has 162 valence electrons. The van der Waals surface area contributed by atoms with Crippen molar-refractivity contribution in [1.29, 1.82) is 0 Å². The van der Waals surface area contributed by atoms with E-state index in [-0.39, 0.29) is 30.8 Å². The second-order valence-electron chi connectivity index (χ2n) is 7.31. The first-order chi connectivity index (χ1) is 15.0. The number of nitrogens with zero attached hydrogens (tertiary/aromatic N) is 4. The summed E-state index contributed by atoms with van der Waals surface area (Å²) in [4.78, 5) is 16.6. The quantitative estimate of drug-likeness (QED) is 0.604. The highest BCUT2D eigenvalue weighted by Crippen LogP contribution is 2.26. The summed E-state index contributed by atoms with van der Waals surface area (Å²) in [5, 5.41) is 24.7. The van der Waals surface area contributed by atoms with Crippen molar-refractivity contribution in [3.8, 4) is 17.1 Å². The largest absolute Gasteiger partial charge is 0.472 e. The minimum Gasteiger partial charge on any atom is -0.472 e. The van der Waals surface area contributed by atoms with Gasteiger partial charge in [0.25, 0.3) is 5.91 Å². The predicted octanol–water partition coefficient (Wildman–Crippen LogP) is 1.60. The van der Waals surface area contributed by atoms with Gasteiger partial charge < -0.3 is 24.4 Å². The number of amides is 1. The highest BCUT2D eigenvalue weighted by molar-refractivity contribution is 5.92. The molecule has 0 aliphatic carbocycles. The van der Waals surface area contributed by atoms with E-state index in [0.29, 0.717) is 24.5 Å². The molecule has 0 aromatic carbocycles. The maximum Gasteiger partial charge on any atom is 0.272 e. The molecule has 31 heavy (non-hydrogen) atoms. The summed E-state index contributed by atoms with van der Waals surface area (Å²) >= 11 is 0. The monoisotopic (exact) mass is 425 g/mol. The first-order valence-electron chi connectivity index (χ1n) is 9.92. The molecule has 10 nitrogen and oxygen atoms in total. The first-order valence-corrected chi connectivity index (χ1v) is 9.92. The van der Waals surface area contributed by atoms with Crippen LogP contribution in [0.2, 0.25) is 0 Å². The number of carbonyl (C=O) groups excluding carboxylic acids is 1. The van der Waals surface area contributed by atoms with Crippen molar-refractivity contribution in [3.05, 3.63) is 53.2 Å². The number of hydrogen-bond donors (Lipinski definition) is 2. The highest BCUT2D eigenvalue weighted by Gasteiger charge is 2.26. The zero-order valence-corrected chi connectivity index (χ0v) is 17.2. The van der Waals surface area contributed by atoms with Gasteiger partial charge in [0.2, 0.25) is 5.88 Å². The summed E-state index contributed by atoms with van der Waals surface area (Å²) in [6.45, 7) is 4.58. The second kappa shape index (κ2) is 9.19. The Kier molecular flexibility index (Phi) is 6.19. The van der Waals surface area contributed by atoms with E-state index >= 15 is 0 Å². The number of aliphatic hydroxyl groups excluding tert-OH is 1. The lowest BCUT2D eigenvalue weighted by atomic mass is 10.1. The number of nitrogens with one attached hydrogen (secondary N) is 1. The zero-order valence-electron chi connectivity index (χ0n) is 17.2. The Labute approximate surface area is 178 Å². The van der Waals surface area contributed by atoms with E-state index in [1.807, 2.05) is 19.1 Å². The molecule has 0 radical (unpaired) electrons. The van der Waals surface area contributed by atoms with Crippen LogP contribution in [0.5, 0.6) is 5.88 Å². The SMILES string of the molecule is Cc1ccc(-c2noc(C)c2COc2ccc(C(=O)N[C@@H]3CCOCC3O)nn2)cn1. The van der Waals surface area contributed by atoms with Crippen molar-refractivity contribution in [2.75, 3.05) is 13.2 Å². The molecule has 3 aromatic rings. The fourth-order valence-electron chi connectivity index (χ4n) is 3.19. The molecule has 4 rings (SSSR count). The number of aryl methyl sites for hydroxylation is 2. The van der Waals surface area contributed by atoms with Crippen LogP contribution in [0.3, 0.4) is 0 Å². The van der Waals surface area contributed by atoms with Gasteiger partial charge in [-0.25, -0.2) is 0 Å². The molecule has 1 amide bonds. The summed E-state index contributed by atoms with van der Waals surface area (Å²) < 4.78 is 16.2. The minimum absolute atomic E-state index is 0.138. The standard InChI is InChI=1S/C21H23N5O5/c1-12-3-4-14(9-22-12)20-15(13(2)31-26-20)10-30-19-6-5-17(24-25-19)21(28)23-16-7-8-29-11-18(16)27/h3-6,9,16,18,27H,7-8,10-11H2,1-2H3,(H,23,28)/t16-,18?/m1/s1. The Balaban J connectivity index is 1.39. The molecule has 1 aliphatic rings. The molecule has 1 aliphatic heterocycles. The molecule has 4 heterocycles. The summed E-state index contributed by atoms with van der Waals surface area (Å²) in [7, 11) is 0. The molecule has 2 N–H and O–H groups in total. The molecule has 0 bridgehead atoms. The molecule has 1 saturated heterocycles. The lowest BCUT2D eigenvalue weighted by Gasteiger charge is -2.28. The van der Waals surface area contributed by atoms with Gasteiger partial charge in [0, 0.05) is 30.1 Å². The van der Waals surface area contributed by atoms with E-state index in [0.717, 1.165) is 16.8 Å². The van der Waals surface area contributed by atoms with Gasteiger partial charge in [-0.05, 0) is 38.5 Å². The normalized spacial score (nSPS) is 18.5. The van der Waals surface area contributed by atoms with Crippen molar-refractivity contribution in [2.45, 2.75) is 39.0 Å². The van der Waals surface area contributed by atoms with E-state index in [1.54, 1.807) is 19.2 Å². The average molecular weight is 425 g/mol. The van der Waals surface area contributed by atoms with Crippen molar-refractivity contribution >= 4 is 5.91 Å². The predicted molar refractivity (Wildman–Crippen MR) is 108 cm³/mol. The number of rotatable bonds is 6. The zero-order chi connectivity index (χ0) is 21.8. The third-order valence-electron chi connectivity index (χ3n) is 5.05. The van der Waals surface area contributed by atoms with Gasteiger partial charge in [-0.1, -0.05) is 5.16 Å². The van der Waals surface area contributed by atoms with E-state index in [2.05, 4.69) is 25.7 Å². The van der Waals surface area contributed by atoms with E-state index in [9.17, 15) is 9.90 Å². The number of pyridine rings is 1.